The molecule has 0 rings (SSSR count). The first-order valence-corrected chi connectivity index (χ1v) is 8.28. The summed E-state index contributed by atoms with van der Waals surface area (Å²) in [6, 6.07) is 0. The molecule has 10 N–H and O–H groups in total. The van der Waals surface area contributed by atoms with Crippen molar-refractivity contribution in [1.29, 1.82) is 0 Å². The van der Waals surface area contributed by atoms with Crippen molar-refractivity contribution in [3.8, 4) is 0 Å². The van der Waals surface area contributed by atoms with Gasteiger partial charge in [0.25, 0.3) is 0 Å². The van der Waals surface area contributed by atoms with Crippen LogP contribution >= 0.6 is 17.2 Å². The fourth-order valence-electron chi connectivity index (χ4n) is 1.57. The molecule has 0 aromatic heterocycles. The predicted octanol–water partition coefficient (Wildman–Crippen LogP) is -2.95. The lowest BCUT2D eigenvalue weighted by Gasteiger charge is -2.45. The van der Waals surface area contributed by atoms with E-state index in [-0.39, 0.29) is 6.42 Å². The van der Waals surface area contributed by atoms with E-state index in [1.807, 2.05) is 0 Å². The normalized spacial score (nSPS) is 15.3. The standard InChI is InChI=1S/C9H20O6.2H3O3P/c1-4-9(13,15-3)8(5-10,6-11)7(12)14-2;2*1-4(2)3/h7,10-13H,4-6H2,1-3H3;2*1-3H. The maximum absolute atomic E-state index is 10.1. The second-order valence-corrected chi connectivity index (χ2v) is 5.01. The number of hydrogen-bond acceptors (Lipinski definition) is 12. The number of aliphatic hydroxyl groups is 4. The van der Waals surface area contributed by atoms with Crippen LogP contribution in [0.25, 0.3) is 0 Å². The summed E-state index contributed by atoms with van der Waals surface area (Å²) in [5.74, 6) is -1.86. The van der Waals surface area contributed by atoms with Crippen LogP contribution in [0.5, 0.6) is 0 Å². The fourth-order valence-corrected chi connectivity index (χ4v) is 1.57. The Hall–Kier alpha value is 0.380. The van der Waals surface area contributed by atoms with Crippen LogP contribution in [0.15, 0.2) is 0 Å². The van der Waals surface area contributed by atoms with E-state index in [0.717, 1.165) is 0 Å². The topological polar surface area (TPSA) is 221 Å². The zero-order chi connectivity index (χ0) is 19.3. The zero-order valence-corrected chi connectivity index (χ0v) is 14.7. The Bertz CT molecular complexity index is 247. The number of hydrogen-bond donors (Lipinski definition) is 10. The molecule has 0 aromatic carbocycles. The molecule has 0 saturated carbocycles. The molecule has 144 valence electrons. The van der Waals surface area contributed by atoms with Gasteiger partial charge in [0, 0.05) is 14.2 Å². The van der Waals surface area contributed by atoms with E-state index in [1.54, 1.807) is 6.92 Å². The van der Waals surface area contributed by atoms with Crippen molar-refractivity contribution in [1.82, 2.24) is 0 Å². The molecule has 0 aliphatic rings. The lowest BCUT2D eigenvalue weighted by Crippen LogP contribution is -2.61. The Morgan fingerprint density at radius 1 is 0.913 bits per heavy atom. The van der Waals surface area contributed by atoms with Crippen molar-refractivity contribution in [2.45, 2.75) is 25.4 Å². The first-order valence-electron chi connectivity index (χ1n) is 5.88. The number of ether oxygens (including phenoxy) is 2. The SMILES string of the molecule is CCC(O)(OC)C(CO)(CO)C(O)OC.OP(O)O.OP(O)O. The smallest absolute Gasteiger partial charge is 0.324 e. The first-order chi connectivity index (χ1) is 10.4. The molecule has 0 saturated heterocycles. The van der Waals surface area contributed by atoms with Gasteiger partial charge in [-0.1, -0.05) is 6.92 Å². The van der Waals surface area contributed by atoms with Gasteiger partial charge in [0.1, 0.15) is 5.41 Å². The highest BCUT2D eigenvalue weighted by molar-refractivity contribution is 7.38. The average Bonchev–Trinajstić information content (AvgIpc) is 2.47. The minimum absolute atomic E-state index is 0.0883. The Morgan fingerprint density at radius 3 is 1.35 bits per heavy atom. The third kappa shape index (κ3) is 10.8. The maximum atomic E-state index is 10.1. The molecule has 0 bridgehead atoms. The first kappa shape index (κ1) is 28.2. The van der Waals surface area contributed by atoms with Crippen LogP contribution in [0.2, 0.25) is 0 Å². The summed E-state index contributed by atoms with van der Waals surface area (Å²) in [6.45, 7) is 0.263. The molecule has 12 nitrogen and oxygen atoms in total. The van der Waals surface area contributed by atoms with Crippen LogP contribution < -0.4 is 0 Å². The van der Waals surface area contributed by atoms with Gasteiger partial charge < -0.3 is 59.3 Å². The average molecular weight is 388 g/mol. The Morgan fingerprint density at radius 2 is 1.22 bits per heavy atom. The molecule has 2 atom stereocenters. The molecule has 0 fully saturated rings. The van der Waals surface area contributed by atoms with Crippen molar-refractivity contribution < 1.29 is 59.3 Å². The van der Waals surface area contributed by atoms with Gasteiger partial charge in [-0.05, 0) is 6.42 Å². The van der Waals surface area contributed by atoms with E-state index < -0.39 is 47.9 Å². The molecular weight excluding hydrogens is 362 g/mol. The van der Waals surface area contributed by atoms with Crippen LogP contribution in [0.1, 0.15) is 13.3 Å². The maximum Gasteiger partial charge on any atom is 0.324 e. The lowest BCUT2D eigenvalue weighted by molar-refractivity contribution is -0.338. The van der Waals surface area contributed by atoms with Gasteiger partial charge in [-0.3, -0.25) is 0 Å². The second-order valence-electron chi connectivity index (χ2n) is 3.94. The van der Waals surface area contributed by atoms with Gasteiger partial charge in [0.05, 0.1) is 13.2 Å². The van der Waals surface area contributed by atoms with E-state index in [0.29, 0.717) is 0 Å². The largest absolute Gasteiger partial charge is 0.395 e. The molecule has 0 radical (unpaired) electrons. The van der Waals surface area contributed by atoms with Gasteiger partial charge in [-0.2, -0.15) is 0 Å². The highest BCUT2D eigenvalue weighted by Crippen LogP contribution is 2.38. The van der Waals surface area contributed by atoms with Crippen molar-refractivity contribution in [3.05, 3.63) is 0 Å². The molecule has 2 unspecified atom stereocenters. The molecule has 0 aliphatic heterocycles. The van der Waals surface area contributed by atoms with E-state index in [9.17, 15) is 20.4 Å². The third-order valence-corrected chi connectivity index (χ3v) is 2.86. The highest BCUT2D eigenvalue weighted by Gasteiger charge is 2.55. The number of methoxy groups -OCH3 is 2. The Balaban J connectivity index is -0.000000413. The van der Waals surface area contributed by atoms with Crippen molar-refractivity contribution >= 4 is 17.2 Å². The van der Waals surface area contributed by atoms with E-state index >= 15 is 0 Å². The van der Waals surface area contributed by atoms with Gasteiger partial charge in [-0.15, -0.1) is 0 Å². The zero-order valence-electron chi connectivity index (χ0n) is 12.9. The van der Waals surface area contributed by atoms with Crippen molar-refractivity contribution in [2.75, 3.05) is 27.4 Å². The van der Waals surface area contributed by atoms with Crippen molar-refractivity contribution in [3.63, 3.8) is 0 Å². The van der Waals surface area contributed by atoms with Gasteiger partial charge in [0.15, 0.2) is 12.1 Å². The Kier molecular flexibility index (Phi) is 18.0. The van der Waals surface area contributed by atoms with E-state index in [2.05, 4.69) is 4.74 Å². The van der Waals surface area contributed by atoms with Crippen LogP contribution in [0.3, 0.4) is 0 Å². The molecule has 23 heavy (non-hydrogen) atoms. The van der Waals surface area contributed by atoms with E-state index in [1.165, 1.54) is 14.2 Å². The number of rotatable bonds is 7. The van der Waals surface area contributed by atoms with E-state index in [4.69, 9.17) is 34.1 Å². The minimum atomic E-state index is -2.62. The Labute approximate surface area is 135 Å². The van der Waals surface area contributed by atoms with Crippen molar-refractivity contribution in [2.24, 2.45) is 5.41 Å². The van der Waals surface area contributed by atoms with Gasteiger partial charge >= 0.3 is 17.2 Å². The summed E-state index contributed by atoms with van der Waals surface area (Å²) in [6.07, 6.45) is -1.44. The van der Waals surface area contributed by atoms with Crippen LogP contribution in [0, 0.1) is 5.41 Å². The van der Waals surface area contributed by atoms with Crippen LogP contribution in [-0.2, 0) is 9.47 Å². The lowest BCUT2D eigenvalue weighted by atomic mass is 9.78. The van der Waals surface area contributed by atoms with Gasteiger partial charge in [-0.25, -0.2) is 0 Å². The fraction of sp³-hybridized carbons (Fsp3) is 1.00. The molecule has 0 heterocycles. The summed E-state index contributed by atoms with van der Waals surface area (Å²) >= 11 is 0. The summed E-state index contributed by atoms with van der Waals surface area (Å²) in [7, 11) is -2.81. The quantitative estimate of drug-likeness (QED) is 0.156. The predicted molar refractivity (Wildman–Crippen MR) is 79.0 cm³/mol. The summed E-state index contributed by atoms with van der Waals surface area (Å²) in [5.41, 5.74) is -1.68. The molecule has 0 aliphatic carbocycles. The summed E-state index contributed by atoms with van der Waals surface area (Å²) in [4.78, 5) is 43.4. The third-order valence-electron chi connectivity index (χ3n) is 2.86. The molecule has 0 amide bonds. The van der Waals surface area contributed by atoms with Crippen LogP contribution in [-0.4, -0.2) is 89.3 Å². The number of aliphatic hydroxyl groups excluding tert-OH is 3. The molecular formula is C9H26O12P2. The minimum Gasteiger partial charge on any atom is -0.395 e. The summed E-state index contributed by atoms with van der Waals surface area (Å²) < 4.78 is 9.50. The van der Waals surface area contributed by atoms with Crippen LogP contribution in [0.4, 0.5) is 0 Å². The molecule has 0 aromatic rings. The molecule has 14 heteroatoms. The van der Waals surface area contributed by atoms with Gasteiger partial charge in [0.2, 0.25) is 0 Å². The highest BCUT2D eigenvalue weighted by atomic mass is 31.2. The molecule has 0 spiro atoms. The summed E-state index contributed by atoms with van der Waals surface area (Å²) in [5, 5.41) is 38.1. The second kappa shape index (κ2) is 14.7. The monoisotopic (exact) mass is 388 g/mol.